The van der Waals surface area contributed by atoms with Crippen molar-refractivity contribution in [2.75, 3.05) is 13.7 Å². The van der Waals surface area contributed by atoms with Gasteiger partial charge in [-0.3, -0.25) is 9.59 Å². The number of methoxy groups -OCH3 is 1. The molecule has 0 atom stereocenters. The number of nitrogens with one attached hydrogen (secondary N) is 1. The first-order valence-electron chi connectivity index (χ1n) is 9.60. The lowest BCUT2D eigenvalue weighted by Crippen LogP contribution is -2.34. The first-order chi connectivity index (χ1) is 15.1. The van der Waals surface area contributed by atoms with Crippen molar-refractivity contribution in [1.29, 1.82) is 0 Å². The highest BCUT2D eigenvalue weighted by Crippen LogP contribution is 2.25. The van der Waals surface area contributed by atoms with E-state index in [1.54, 1.807) is 24.5 Å². The Morgan fingerprint density at radius 2 is 1.97 bits per heavy atom. The van der Waals surface area contributed by atoms with Crippen LogP contribution in [0.2, 0.25) is 0 Å². The van der Waals surface area contributed by atoms with Crippen LogP contribution in [0.1, 0.15) is 5.69 Å². The van der Waals surface area contributed by atoms with Crippen LogP contribution in [0.4, 0.5) is 0 Å². The van der Waals surface area contributed by atoms with Gasteiger partial charge in [0.1, 0.15) is 23.0 Å². The van der Waals surface area contributed by atoms with Crippen LogP contribution in [0.15, 0.2) is 64.1 Å². The molecular formula is C22H20N4O3S2. The zero-order chi connectivity index (χ0) is 21.6. The fourth-order valence-corrected chi connectivity index (χ4v) is 4.48. The summed E-state index contributed by atoms with van der Waals surface area (Å²) in [5.74, 6) is 0.543. The lowest BCUT2D eigenvalue weighted by Gasteiger charge is -2.07. The first-order valence-corrected chi connectivity index (χ1v) is 11.4. The second-order valence-electron chi connectivity index (χ2n) is 6.66. The van der Waals surface area contributed by atoms with Crippen LogP contribution < -0.4 is 15.6 Å². The Morgan fingerprint density at radius 1 is 1.13 bits per heavy atom. The lowest BCUT2D eigenvalue weighted by molar-refractivity contribution is -0.121. The van der Waals surface area contributed by atoms with Gasteiger partial charge in [0, 0.05) is 30.0 Å². The van der Waals surface area contributed by atoms with Gasteiger partial charge in [0.2, 0.25) is 5.91 Å². The number of carbonyl (C=O) groups is 1. The molecule has 3 heterocycles. The summed E-state index contributed by atoms with van der Waals surface area (Å²) in [5, 5.41) is 12.0. The number of amides is 1. The molecule has 0 aliphatic carbocycles. The van der Waals surface area contributed by atoms with Gasteiger partial charge in [-0.2, -0.15) is 5.10 Å². The van der Waals surface area contributed by atoms with E-state index >= 15 is 0 Å². The molecule has 0 aliphatic rings. The smallest absolute Gasteiger partial charge is 0.267 e. The van der Waals surface area contributed by atoms with E-state index in [0.29, 0.717) is 18.7 Å². The highest BCUT2D eigenvalue weighted by Gasteiger charge is 2.10. The van der Waals surface area contributed by atoms with Crippen molar-refractivity contribution < 1.29 is 9.53 Å². The molecule has 0 radical (unpaired) electrons. The van der Waals surface area contributed by atoms with Crippen molar-refractivity contribution in [2.45, 2.75) is 13.0 Å². The largest absolute Gasteiger partial charge is 0.497 e. The Hall–Kier alpha value is -3.30. The Balaban J connectivity index is 1.31. The predicted molar refractivity (Wildman–Crippen MR) is 123 cm³/mol. The number of ether oxygens (including phenoxy) is 1. The minimum atomic E-state index is -0.306. The van der Waals surface area contributed by atoms with Crippen molar-refractivity contribution in [3.05, 3.63) is 75.3 Å². The van der Waals surface area contributed by atoms with Gasteiger partial charge in [0.15, 0.2) is 0 Å². The third-order valence-electron chi connectivity index (χ3n) is 4.53. The van der Waals surface area contributed by atoms with Crippen molar-refractivity contribution in [3.8, 4) is 26.9 Å². The van der Waals surface area contributed by atoms with E-state index in [1.165, 1.54) is 22.1 Å². The zero-order valence-electron chi connectivity index (χ0n) is 16.8. The number of hydrogen-bond donors (Lipinski definition) is 1. The van der Waals surface area contributed by atoms with Gasteiger partial charge < -0.3 is 10.1 Å². The second-order valence-corrected chi connectivity index (χ2v) is 8.47. The molecule has 158 valence electrons. The summed E-state index contributed by atoms with van der Waals surface area (Å²) in [6.07, 6.45) is 0.607. The van der Waals surface area contributed by atoms with Crippen molar-refractivity contribution >= 4 is 28.6 Å². The average Bonchev–Trinajstić information content (AvgIpc) is 3.48. The number of carbonyl (C=O) groups excluding carboxylic acids is 1. The Morgan fingerprint density at radius 3 is 2.71 bits per heavy atom. The monoisotopic (exact) mass is 452 g/mol. The second kappa shape index (κ2) is 9.67. The minimum absolute atomic E-state index is 0.119. The molecule has 0 saturated heterocycles. The highest BCUT2D eigenvalue weighted by atomic mass is 32.1. The molecule has 31 heavy (non-hydrogen) atoms. The SMILES string of the molecule is COc1ccc(-c2nc(CCNC(=O)Cn3nc(-c4cccs4)ccc3=O)cs2)cc1. The third kappa shape index (κ3) is 5.25. The van der Waals surface area contributed by atoms with E-state index in [1.807, 2.05) is 47.2 Å². The van der Waals surface area contributed by atoms with Crippen molar-refractivity contribution in [2.24, 2.45) is 0 Å². The predicted octanol–water partition coefficient (Wildman–Crippen LogP) is 3.46. The molecule has 1 amide bonds. The summed E-state index contributed by atoms with van der Waals surface area (Å²) >= 11 is 3.09. The molecule has 4 rings (SSSR count). The van der Waals surface area contributed by atoms with Gasteiger partial charge in [-0.25, -0.2) is 9.67 Å². The minimum Gasteiger partial charge on any atom is -0.497 e. The van der Waals surface area contributed by atoms with Gasteiger partial charge in [-0.05, 0) is 41.8 Å². The van der Waals surface area contributed by atoms with Gasteiger partial charge in [0.25, 0.3) is 5.56 Å². The van der Waals surface area contributed by atoms with E-state index in [0.717, 1.165) is 26.9 Å². The summed E-state index contributed by atoms with van der Waals surface area (Å²) in [5.41, 5.74) is 2.30. The van der Waals surface area contributed by atoms with Gasteiger partial charge >= 0.3 is 0 Å². The molecular weight excluding hydrogens is 432 g/mol. The fraction of sp³-hybridized carbons (Fsp3) is 0.182. The number of aromatic nitrogens is 3. The van der Waals surface area contributed by atoms with Crippen LogP contribution in [-0.2, 0) is 17.8 Å². The quantitative estimate of drug-likeness (QED) is 0.442. The van der Waals surface area contributed by atoms with E-state index in [9.17, 15) is 9.59 Å². The van der Waals surface area contributed by atoms with Crippen LogP contribution in [-0.4, -0.2) is 34.3 Å². The Labute approximate surface area is 187 Å². The van der Waals surface area contributed by atoms with Crippen molar-refractivity contribution in [3.63, 3.8) is 0 Å². The zero-order valence-corrected chi connectivity index (χ0v) is 18.4. The molecule has 3 aromatic heterocycles. The molecule has 4 aromatic rings. The normalized spacial score (nSPS) is 10.7. The van der Waals surface area contributed by atoms with E-state index in [4.69, 9.17) is 4.74 Å². The van der Waals surface area contributed by atoms with E-state index < -0.39 is 0 Å². The molecule has 0 fully saturated rings. The van der Waals surface area contributed by atoms with E-state index in [2.05, 4.69) is 15.4 Å². The van der Waals surface area contributed by atoms with Crippen LogP contribution in [0.25, 0.3) is 21.1 Å². The molecule has 0 aliphatic heterocycles. The van der Waals surface area contributed by atoms with Gasteiger partial charge in [-0.1, -0.05) is 6.07 Å². The van der Waals surface area contributed by atoms with Crippen LogP contribution >= 0.6 is 22.7 Å². The number of thiazole rings is 1. The number of thiophene rings is 1. The molecule has 1 aromatic carbocycles. The summed E-state index contributed by atoms with van der Waals surface area (Å²) in [4.78, 5) is 29.9. The maximum Gasteiger partial charge on any atom is 0.267 e. The highest BCUT2D eigenvalue weighted by molar-refractivity contribution is 7.13. The molecule has 1 N–H and O–H groups in total. The molecule has 7 nitrogen and oxygen atoms in total. The summed E-state index contributed by atoms with van der Waals surface area (Å²) in [6.45, 7) is 0.316. The van der Waals surface area contributed by atoms with Crippen molar-refractivity contribution in [1.82, 2.24) is 20.1 Å². The fourth-order valence-electron chi connectivity index (χ4n) is 2.93. The molecule has 0 unspecified atom stereocenters. The number of nitrogens with zero attached hydrogens (tertiary/aromatic N) is 3. The topological polar surface area (TPSA) is 86.1 Å². The molecule has 0 saturated carbocycles. The summed E-state index contributed by atoms with van der Waals surface area (Å²) in [6, 6.07) is 14.7. The average molecular weight is 453 g/mol. The van der Waals surface area contributed by atoms with Crippen LogP contribution in [0, 0.1) is 0 Å². The van der Waals surface area contributed by atoms with Gasteiger partial charge in [0.05, 0.1) is 17.7 Å². The van der Waals surface area contributed by atoms with E-state index in [-0.39, 0.29) is 18.0 Å². The Bertz CT molecular complexity index is 1210. The lowest BCUT2D eigenvalue weighted by atomic mass is 10.2. The summed E-state index contributed by atoms with van der Waals surface area (Å²) in [7, 11) is 1.64. The maximum absolute atomic E-state index is 12.3. The summed E-state index contributed by atoms with van der Waals surface area (Å²) < 4.78 is 6.37. The molecule has 9 heteroatoms. The van der Waals surface area contributed by atoms with Crippen LogP contribution in [0.3, 0.4) is 0 Å². The Kier molecular flexibility index (Phi) is 6.54. The van der Waals surface area contributed by atoms with Crippen LogP contribution in [0.5, 0.6) is 5.75 Å². The molecule has 0 spiro atoms. The number of hydrogen-bond acceptors (Lipinski definition) is 7. The molecule has 0 bridgehead atoms. The standard InChI is InChI=1S/C22H20N4O3S2/c1-29-17-6-4-15(5-7-17)22-24-16(14-31-22)10-11-23-20(27)13-26-21(28)9-8-18(25-26)19-3-2-12-30-19/h2-9,12,14H,10-11,13H2,1H3,(H,23,27). The maximum atomic E-state index is 12.3. The first kappa shape index (κ1) is 21.0. The van der Waals surface area contributed by atoms with Gasteiger partial charge in [-0.15, -0.1) is 22.7 Å². The number of benzene rings is 1. The number of rotatable bonds is 8. The third-order valence-corrected chi connectivity index (χ3v) is 6.36.